The lowest BCUT2D eigenvalue weighted by molar-refractivity contribution is 0.0951. The molecular weight excluding hydrogens is 348 g/mol. The number of hydrogen-bond donors (Lipinski definition) is 1. The molecule has 4 aromatic rings. The Hall–Kier alpha value is -3.40. The van der Waals surface area contributed by atoms with Crippen LogP contribution in [0.15, 0.2) is 77.2 Å². The van der Waals surface area contributed by atoms with Gasteiger partial charge in [-0.2, -0.15) is 0 Å². The second kappa shape index (κ2) is 8.09. The highest BCUT2D eigenvalue weighted by atomic mass is 16.3. The zero-order chi connectivity index (χ0) is 19.3. The highest BCUT2D eigenvalue weighted by Gasteiger charge is 2.11. The standard InChI is InChI=1S/C24H22N2O2/c1-17-7-5-6-10-20(17)16-25-24(27)19-12-13-21-22(15-19)28-23(26-21)14-11-18-8-3-2-4-9-18/h2-10,12-13,15H,11,14,16H2,1H3,(H,25,27). The molecule has 0 unspecified atom stereocenters. The Morgan fingerprint density at radius 1 is 0.964 bits per heavy atom. The van der Waals surface area contributed by atoms with Crippen LogP contribution < -0.4 is 5.32 Å². The lowest BCUT2D eigenvalue weighted by Crippen LogP contribution is -2.23. The van der Waals surface area contributed by atoms with Crippen LogP contribution in [0.1, 0.15) is 32.9 Å². The summed E-state index contributed by atoms with van der Waals surface area (Å²) >= 11 is 0. The zero-order valence-electron chi connectivity index (χ0n) is 15.8. The smallest absolute Gasteiger partial charge is 0.251 e. The first kappa shape index (κ1) is 18.0. The minimum absolute atomic E-state index is 0.118. The molecule has 0 atom stereocenters. The molecule has 28 heavy (non-hydrogen) atoms. The molecule has 0 aliphatic carbocycles. The van der Waals surface area contributed by atoms with Gasteiger partial charge >= 0.3 is 0 Å². The number of aryl methyl sites for hydroxylation is 3. The van der Waals surface area contributed by atoms with Crippen molar-refractivity contribution in [1.29, 1.82) is 0 Å². The van der Waals surface area contributed by atoms with Gasteiger partial charge < -0.3 is 9.73 Å². The molecule has 0 radical (unpaired) electrons. The monoisotopic (exact) mass is 370 g/mol. The van der Waals surface area contributed by atoms with E-state index in [9.17, 15) is 4.79 Å². The van der Waals surface area contributed by atoms with Gasteiger partial charge in [-0.05, 0) is 48.2 Å². The van der Waals surface area contributed by atoms with Crippen molar-refractivity contribution in [2.45, 2.75) is 26.3 Å². The molecule has 1 N–H and O–H groups in total. The van der Waals surface area contributed by atoms with Crippen LogP contribution >= 0.6 is 0 Å². The number of aromatic nitrogens is 1. The molecule has 0 saturated carbocycles. The molecule has 4 heteroatoms. The largest absolute Gasteiger partial charge is 0.441 e. The molecule has 1 aromatic heterocycles. The fourth-order valence-corrected chi connectivity index (χ4v) is 3.20. The first-order valence-electron chi connectivity index (χ1n) is 9.45. The van der Waals surface area contributed by atoms with E-state index in [2.05, 4.69) is 22.4 Å². The molecule has 1 heterocycles. The number of nitrogens with one attached hydrogen (secondary N) is 1. The van der Waals surface area contributed by atoms with Crippen LogP contribution in [0.25, 0.3) is 11.1 Å². The van der Waals surface area contributed by atoms with E-state index in [1.54, 1.807) is 12.1 Å². The Labute approximate surface area is 164 Å². The number of fused-ring (bicyclic) bond motifs is 1. The number of hydrogen-bond acceptors (Lipinski definition) is 3. The van der Waals surface area contributed by atoms with Gasteiger partial charge in [0.2, 0.25) is 0 Å². The predicted octanol–water partition coefficient (Wildman–Crippen LogP) is 4.85. The van der Waals surface area contributed by atoms with E-state index in [-0.39, 0.29) is 5.91 Å². The van der Waals surface area contributed by atoms with E-state index in [4.69, 9.17) is 4.42 Å². The Morgan fingerprint density at radius 2 is 1.75 bits per heavy atom. The second-order valence-corrected chi connectivity index (χ2v) is 6.88. The molecule has 3 aromatic carbocycles. The van der Waals surface area contributed by atoms with E-state index in [1.165, 1.54) is 5.56 Å². The van der Waals surface area contributed by atoms with Gasteiger partial charge in [-0.1, -0.05) is 54.6 Å². The third-order valence-electron chi connectivity index (χ3n) is 4.87. The van der Waals surface area contributed by atoms with Crippen LogP contribution in [-0.4, -0.2) is 10.9 Å². The van der Waals surface area contributed by atoms with Gasteiger partial charge in [-0.3, -0.25) is 4.79 Å². The maximum absolute atomic E-state index is 12.5. The third kappa shape index (κ3) is 4.12. The fraction of sp³-hybridized carbons (Fsp3) is 0.167. The molecule has 0 aliphatic rings. The van der Waals surface area contributed by atoms with Gasteiger partial charge in [0.05, 0.1) is 0 Å². The van der Waals surface area contributed by atoms with Crippen molar-refractivity contribution in [3.8, 4) is 0 Å². The van der Waals surface area contributed by atoms with Gasteiger partial charge in [0.25, 0.3) is 5.91 Å². The lowest BCUT2D eigenvalue weighted by Gasteiger charge is -2.07. The Balaban J connectivity index is 1.43. The molecule has 0 spiro atoms. The van der Waals surface area contributed by atoms with Crippen LogP contribution in [0.3, 0.4) is 0 Å². The normalized spacial score (nSPS) is 10.9. The zero-order valence-corrected chi connectivity index (χ0v) is 15.8. The van der Waals surface area contributed by atoms with Crippen molar-refractivity contribution in [2.24, 2.45) is 0 Å². The summed E-state index contributed by atoms with van der Waals surface area (Å²) in [7, 11) is 0. The maximum Gasteiger partial charge on any atom is 0.251 e. The number of benzene rings is 3. The second-order valence-electron chi connectivity index (χ2n) is 6.88. The van der Waals surface area contributed by atoms with Crippen molar-refractivity contribution in [2.75, 3.05) is 0 Å². The summed E-state index contributed by atoms with van der Waals surface area (Å²) in [4.78, 5) is 17.1. The van der Waals surface area contributed by atoms with Crippen LogP contribution in [0.4, 0.5) is 0 Å². The van der Waals surface area contributed by atoms with Crippen LogP contribution in [0, 0.1) is 6.92 Å². The van der Waals surface area contributed by atoms with E-state index in [1.807, 2.05) is 55.5 Å². The first-order chi connectivity index (χ1) is 13.7. The van der Waals surface area contributed by atoms with Crippen molar-refractivity contribution in [3.63, 3.8) is 0 Å². The fourth-order valence-electron chi connectivity index (χ4n) is 3.20. The average molecular weight is 370 g/mol. The number of oxazole rings is 1. The van der Waals surface area contributed by atoms with Crippen molar-refractivity contribution in [3.05, 3.63) is 101 Å². The van der Waals surface area contributed by atoms with Gasteiger partial charge in [-0.25, -0.2) is 4.98 Å². The summed E-state index contributed by atoms with van der Waals surface area (Å²) in [5.41, 5.74) is 5.52. The topological polar surface area (TPSA) is 55.1 Å². The van der Waals surface area contributed by atoms with Crippen LogP contribution in [0.2, 0.25) is 0 Å². The van der Waals surface area contributed by atoms with Gasteiger partial charge in [0, 0.05) is 18.5 Å². The quantitative estimate of drug-likeness (QED) is 0.528. The third-order valence-corrected chi connectivity index (χ3v) is 4.87. The van der Waals surface area contributed by atoms with Crippen molar-refractivity contribution in [1.82, 2.24) is 10.3 Å². The van der Waals surface area contributed by atoms with Crippen LogP contribution in [-0.2, 0) is 19.4 Å². The number of rotatable bonds is 6. The Morgan fingerprint density at radius 3 is 2.57 bits per heavy atom. The number of carbonyl (C=O) groups is 1. The number of amides is 1. The van der Waals surface area contributed by atoms with E-state index in [0.717, 1.165) is 29.5 Å². The summed E-state index contributed by atoms with van der Waals surface area (Å²) in [6.07, 6.45) is 1.60. The van der Waals surface area contributed by atoms with Gasteiger partial charge in [0.1, 0.15) is 5.52 Å². The van der Waals surface area contributed by atoms with Crippen LogP contribution in [0.5, 0.6) is 0 Å². The average Bonchev–Trinajstić information content (AvgIpc) is 3.14. The van der Waals surface area contributed by atoms with E-state index < -0.39 is 0 Å². The molecule has 0 aliphatic heterocycles. The molecule has 140 valence electrons. The maximum atomic E-state index is 12.5. The molecule has 0 fully saturated rings. The summed E-state index contributed by atoms with van der Waals surface area (Å²) in [6.45, 7) is 2.54. The van der Waals surface area contributed by atoms with Crippen molar-refractivity contribution >= 4 is 17.0 Å². The molecular formula is C24H22N2O2. The molecule has 4 rings (SSSR count). The van der Waals surface area contributed by atoms with Gasteiger partial charge in [0.15, 0.2) is 11.5 Å². The van der Waals surface area contributed by atoms with E-state index in [0.29, 0.717) is 23.6 Å². The summed E-state index contributed by atoms with van der Waals surface area (Å²) in [5, 5.41) is 2.97. The SMILES string of the molecule is Cc1ccccc1CNC(=O)c1ccc2nc(CCc3ccccc3)oc2c1. The minimum atomic E-state index is -0.118. The van der Waals surface area contributed by atoms with E-state index >= 15 is 0 Å². The van der Waals surface area contributed by atoms with Crippen molar-refractivity contribution < 1.29 is 9.21 Å². The number of nitrogens with zero attached hydrogens (tertiary/aromatic N) is 1. The molecule has 0 bridgehead atoms. The first-order valence-corrected chi connectivity index (χ1v) is 9.45. The van der Waals surface area contributed by atoms with Gasteiger partial charge in [-0.15, -0.1) is 0 Å². The molecule has 0 saturated heterocycles. The molecule has 1 amide bonds. The number of carbonyl (C=O) groups excluding carboxylic acids is 1. The highest BCUT2D eigenvalue weighted by Crippen LogP contribution is 2.19. The Kier molecular flexibility index (Phi) is 5.20. The highest BCUT2D eigenvalue weighted by molar-refractivity contribution is 5.97. The summed E-state index contributed by atoms with van der Waals surface area (Å²) in [6, 6.07) is 23.7. The summed E-state index contributed by atoms with van der Waals surface area (Å²) in [5.74, 6) is 0.573. The lowest BCUT2D eigenvalue weighted by atomic mass is 10.1. The summed E-state index contributed by atoms with van der Waals surface area (Å²) < 4.78 is 5.87. The minimum Gasteiger partial charge on any atom is -0.441 e. The predicted molar refractivity (Wildman–Crippen MR) is 110 cm³/mol. The Bertz CT molecular complexity index is 1100. The molecule has 4 nitrogen and oxygen atoms in total.